The number of benzene rings is 1. The summed E-state index contributed by atoms with van der Waals surface area (Å²) < 4.78 is 5.20. The molecule has 0 bridgehead atoms. The number of methoxy groups -OCH3 is 1. The van der Waals surface area contributed by atoms with Crippen LogP contribution in [0.1, 0.15) is 10.4 Å². The molecule has 1 amide bonds. The number of nitrogens with zero attached hydrogens (tertiary/aromatic N) is 6. The van der Waals surface area contributed by atoms with Crippen LogP contribution in [0.2, 0.25) is 0 Å². The maximum atomic E-state index is 12.8. The molecule has 0 spiro atoms. The van der Waals surface area contributed by atoms with E-state index < -0.39 is 0 Å². The summed E-state index contributed by atoms with van der Waals surface area (Å²) in [6.45, 7) is 2.57. The first-order chi connectivity index (χ1) is 14.2. The van der Waals surface area contributed by atoms with Crippen LogP contribution in [0.15, 0.2) is 55.1 Å². The van der Waals surface area contributed by atoms with Crippen molar-refractivity contribution in [3.63, 3.8) is 0 Å². The number of hydrogen-bond acceptors (Lipinski definition) is 8. The molecule has 4 rings (SSSR count). The number of ether oxygens (including phenoxy) is 1. The van der Waals surface area contributed by atoms with Gasteiger partial charge in [0.05, 0.1) is 12.7 Å². The number of carbonyl (C=O) groups is 1. The SMILES string of the molecule is COc1cccc(Nc2ncc(C(=O)N3CCN(c4ncccn4)CC3)cn2)c1. The molecule has 1 N–H and O–H groups in total. The molecule has 3 aromatic rings. The van der Waals surface area contributed by atoms with E-state index in [-0.39, 0.29) is 5.91 Å². The van der Waals surface area contributed by atoms with E-state index in [2.05, 4.69) is 30.2 Å². The van der Waals surface area contributed by atoms with Gasteiger partial charge < -0.3 is 19.9 Å². The summed E-state index contributed by atoms with van der Waals surface area (Å²) in [6, 6.07) is 9.26. The third-order valence-electron chi connectivity index (χ3n) is 4.63. The number of anilines is 3. The largest absolute Gasteiger partial charge is 0.497 e. The van der Waals surface area contributed by atoms with Crippen molar-refractivity contribution < 1.29 is 9.53 Å². The molecule has 1 aliphatic heterocycles. The van der Waals surface area contributed by atoms with Gasteiger partial charge in [0.15, 0.2) is 0 Å². The summed E-state index contributed by atoms with van der Waals surface area (Å²) in [4.78, 5) is 33.7. The lowest BCUT2D eigenvalue weighted by Gasteiger charge is -2.34. The Morgan fingerprint density at radius 1 is 1.00 bits per heavy atom. The van der Waals surface area contributed by atoms with Crippen molar-refractivity contribution >= 4 is 23.5 Å². The second-order valence-electron chi connectivity index (χ2n) is 6.48. The van der Waals surface area contributed by atoms with Gasteiger partial charge in [-0.25, -0.2) is 19.9 Å². The number of rotatable bonds is 5. The monoisotopic (exact) mass is 391 g/mol. The first-order valence-electron chi connectivity index (χ1n) is 9.27. The Morgan fingerprint density at radius 2 is 1.72 bits per heavy atom. The van der Waals surface area contributed by atoms with Gasteiger partial charge in [0.1, 0.15) is 5.75 Å². The van der Waals surface area contributed by atoms with E-state index >= 15 is 0 Å². The summed E-state index contributed by atoms with van der Waals surface area (Å²) in [7, 11) is 1.61. The molecule has 0 aliphatic carbocycles. The van der Waals surface area contributed by atoms with Crippen LogP contribution in [0, 0.1) is 0 Å². The van der Waals surface area contributed by atoms with Crippen LogP contribution < -0.4 is 15.0 Å². The van der Waals surface area contributed by atoms with Crippen molar-refractivity contribution in [3.8, 4) is 5.75 Å². The standard InChI is InChI=1S/C20H21N7O2/c1-29-17-5-2-4-16(12-17)25-19-23-13-15(14-24-19)18(28)26-8-10-27(11-9-26)20-21-6-3-7-22-20/h2-7,12-14H,8-11H2,1H3,(H,23,24,25). The van der Waals surface area contributed by atoms with Gasteiger partial charge in [-0.15, -0.1) is 0 Å². The van der Waals surface area contributed by atoms with Crippen molar-refractivity contribution in [2.75, 3.05) is 43.5 Å². The van der Waals surface area contributed by atoms with Crippen molar-refractivity contribution in [1.29, 1.82) is 0 Å². The quantitative estimate of drug-likeness (QED) is 0.705. The minimum Gasteiger partial charge on any atom is -0.497 e. The van der Waals surface area contributed by atoms with Crippen molar-refractivity contribution in [3.05, 3.63) is 60.7 Å². The Kier molecular flexibility index (Phi) is 5.46. The second kappa shape index (κ2) is 8.51. The zero-order chi connectivity index (χ0) is 20.1. The van der Waals surface area contributed by atoms with Crippen molar-refractivity contribution in [2.45, 2.75) is 0 Å². The van der Waals surface area contributed by atoms with Gasteiger partial charge in [0.25, 0.3) is 5.91 Å². The highest BCUT2D eigenvalue weighted by molar-refractivity contribution is 5.93. The van der Waals surface area contributed by atoms with Crippen LogP contribution in [0.4, 0.5) is 17.6 Å². The van der Waals surface area contributed by atoms with E-state index in [1.165, 1.54) is 0 Å². The normalized spacial score (nSPS) is 13.8. The van der Waals surface area contributed by atoms with Crippen LogP contribution in [0.5, 0.6) is 5.75 Å². The number of amides is 1. The van der Waals surface area contributed by atoms with Crippen molar-refractivity contribution in [2.24, 2.45) is 0 Å². The topological polar surface area (TPSA) is 96.4 Å². The Morgan fingerprint density at radius 3 is 2.41 bits per heavy atom. The molecule has 3 heterocycles. The highest BCUT2D eigenvalue weighted by Crippen LogP contribution is 2.19. The molecule has 9 heteroatoms. The van der Waals surface area contributed by atoms with E-state index in [1.54, 1.807) is 42.9 Å². The number of carbonyl (C=O) groups excluding carboxylic acids is 1. The first-order valence-corrected chi connectivity index (χ1v) is 9.27. The fraction of sp³-hybridized carbons (Fsp3) is 0.250. The van der Waals surface area contributed by atoms with Gasteiger partial charge in [0.2, 0.25) is 11.9 Å². The molecule has 1 fully saturated rings. The van der Waals surface area contributed by atoms with Crippen LogP contribution in [-0.4, -0.2) is 64.0 Å². The van der Waals surface area contributed by atoms with Crippen LogP contribution in [-0.2, 0) is 0 Å². The highest BCUT2D eigenvalue weighted by atomic mass is 16.5. The lowest BCUT2D eigenvalue weighted by molar-refractivity contribution is 0.0745. The molecule has 148 valence electrons. The molecule has 0 radical (unpaired) electrons. The number of hydrogen-bond donors (Lipinski definition) is 1. The Bertz CT molecular complexity index is 958. The van der Waals surface area contributed by atoms with Gasteiger partial charge in [0, 0.05) is 62.7 Å². The third-order valence-corrected chi connectivity index (χ3v) is 4.63. The summed E-state index contributed by atoms with van der Waals surface area (Å²) in [6.07, 6.45) is 6.53. The van der Waals surface area contributed by atoms with E-state index in [0.717, 1.165) is 11.4 Å². The lowest BCUT2D eigenvalue weighted by Crippen LogP contribution is -2.49. The lowest BCUT2D eigenvalue weighted by atomic mass is 10.2. The van der Waals surface area contributed by atoms with Crippen LogP contribution in [0.3, 0.4) is 0 Å². The zero-order valence-electron chi connectivity index (χ0n) is 16.0. The average Bonchev–Trinajstić information content (AvgIpc) is 2.80. The van der Waals surface area contributed by atoms with E-state index in [4.69, 9.17) is 4.74 Å². The maximum Gasteiger partial charge on any atom is 0.257 e. The number of piperazine rings is 1. The maximum absolute atomic E-state index is 12.8. The molecule has 1 aliphatic rings. The number of aromatic nitrogens is 4. The number of nitrogens with one attached hydrogen (secondary N) is 1. The Labute approximate surface area is 168 Å². The van der Waals surface area contributed by atoms with Gasteiger partial charge >= 0.3 is 0 Å². The molecular weight excluding hydrogens is 370 g/mol. The molecule has 0 unspecified atom stereocenters. The van der Waals surface area contributed by atoms with Gasteiger partial charge in [-0.05, 0) is 18.2 Å². The first kappa shape index (κ1) is 18.6. The predicted octanol–water partition coefficient (Wildman–Crippen LogP) is 1.98. The summed E-state index contributed by atoms with van der Waals surface area (Å²) in [5.74, 6) is 1.77. The van der Waals surface area contributed by atoms with Crippen LogP contribution >= 0.6 is 0 Å². The Balaban J connectivity index is 1.36. The van der Waals surface area contributed by atoms with Gasteiger partial charge in [-0.3, -0.25) is 4.79 Å². The fourth-order valence-electron chi connectivity index (χ4n) is 3.08. The summed E-state index contributed by atoms with van der Waals surface area (Å²) in [5.41, 5.74) is 1.27. The molecular formula is C20H21N7O2. The zero-order valence-corrected chi connectivity index (χ0v) is 16.0. The molecule has 2 aromatic heterocycles. The Hall–Kier alpha value is -3.75. The smallest absolute Gasteiger partial charge is 0.257 e. The molecule has 1 saturated heterocycles. The fourth-order valence-corrected chi connectivity index (χ4v) is 3.08. The van der Waals surface area contributed by atoms with Gasteiger partial charge in [-0.2, -0.15) is 0 Å². The van der Waals surface area contributed by atoms with E-state index in [0.29, 0.717) is 43.6 Å². The molecule has 0 saturated carbocycles. The van der Waals surface area contributed by atoms with Crippen LogP contribution in [0.25, 0.3) is 0 Å². The molecule has 29 heavy (non-hydrogen) atoms. The highest BCUT2D eigenvalue weighted by Gasteiger charge is 2.23. The minimum absolute atomic E-state index is 0.0773. The van der Waals surface area contributed by atoms with Crippen molar-refractivity contribution in [1.82, 2.24) is 24.8 Å². The molecule has 1 aromatic carbocycles. The molecule has 0 atom stereocenters. The van der Waals surface area contributed by atoms with E-state index in [9.17, 15) is 4.79 Å². The molecule has 9 nitrogen and oxygen atoms in total. The predicted molar refractivity (Wildman–Crippen MR) is 108 cm³/mol. The average molecular weight is 391 g/mol. The third kappa shape index (κ3) is 4.40. The summed E-state index contributed by atoms with van der Waals surface area (Å²) in [5, 5.41) is 3.10. The minimum atomic E-state index is -0.0773. The summed E-state index contributed by atoms with van der Waals surface area (Å²) >= 11 is 0. The van der Waals surface area contributed by atoms with E-state index in [1.807, 2.05) is 24.3 Å². The second-order valence-corrected chi connectivity index (χ2v) is 6.48. The van der Waals surface area contributed by atoms with Gasteiger partial charge in [-0.1, -0.05) is 6.07 Å².